The Hall–Kier alpha value is -2.01. The molecule has 1 aromatic heterocycles. The molecule has 2 aliphatic heterocycles. The maximum absolute atomic E-state index is 13.0. The first-order valence-electron chi connectivity index (χ1n) is 19.8. The van der Waals surface area contributed by atoms with Gasteiger partial charge in [0.25, 0.3) is 5.91 Å². The van der Waals surface area contributed by atoms with Gasteiger partial charge in [0.2, 0.25) is 0 Å². The average molecular weight is 700 g/mol. The Morgan fingerprint density at radius 2 is 1.82 bits per heavy atom. The van der Waals surface area contributed by atoms with E-state index in [1.807, 2.05) is 13.8 Å². The smallest absolute Gasteiger partial charge is 0.303 e. The lowest BCUT2D eigenvalue weighted by Gasteiger charge is -2.60. The Bertz CT molecular complexity index is 1420. The number of carbonyl (C=O) groups is 2. The monoisotopic (exact) mass is 699 g/mol. The summed E-state index contributed by atoms with van der Waals surface area (Å²) in [4.78, 5) is 33.8. The third kappa shape index (κ3) is 5.59. The molecule has 10 heteroatoms. The number of aromatic amines is 1. The van der Waals surface area contributed by atoms with Crippen molar-refractivity contribution in [3.8, 4) is 0 Å². The van der Waals surface area contributed by atoms with Crippen molar-refractivity contribution in [3.05, 3.63) is 18.2 Å². The lowest BCUT2D eigenvalue weighted by Crippen LogP contribution is -2.56. The molecule has 2 saturated heterocycles. The van der Waals surface area contributed by atoms with Gasteiger partial charge < -0.3 is 33.9 Å². The van der Waals surface area contributed by atoms with E-state index >= 15 is 0 Å². The number of nitrogens with one attached hydrogen (secondary N) is 1. The van der Waals surface area contributed by atoms with Crippen LogP contribution < -0.4 is 0 Å². The molecular formula is C40H65N3O7. The Morgan fingerprint density at radius 3 is 2.52 bits per heavy atom. The zero-order valence-corrected chi connectivity index (χ0v) is 31.8. The van der Waals surface area contributed by atoms with Crippen LogP contribution in [0.2, 0.25) is 0 Å². The molecular weight excluding hydrogens is 634 g/mol. The van der Waals surface area contributed by atoms with Crippen molar-refractivity contribution in [1.82, 2.24) is 14.9 Å². The van der Waals surface area contributed by atoms with Crippen LogP contribution in [0.15, 0.2) is 12.4 Å². The fraction of sp³-hybridized carbons (Fsp3) is 0.875. The van der Waals surface area contributed by atoms with Gasteiger partial charge >= 0.3 is 5.97 Å². The number of hydrogen-bond donors (Lipinski definition) is 2. The van der Waals surface area contributed by atoms with E-state index in [0.717, 1.165) is 31.6 Å². The summed E-state index contributed by atoms with van der Waals surface area (Å²) >= 11 is 0. The first-order chi connectivity index (χ1) is 23.7. The van der Waals surface area contributed by atoms with Crippen molar-refractivity contribution < 1.29 is 35.1 Å². The molecule has 0 bridgehead atoms. The lowest BCUT2D eigenvalue weighted by molar-refractivity contribution is -0.241. The summed E-state index contributed by atoms with van der Waals surface area (Å²) in [5.74, 6) is 2.43. The van der Waals surface area contributed by atoms with Gasteiger partial charge in [-0.3, -0.25) is 9.59 Å². The van der Waals surface area contributed by atoms with Gasteiger partial charge in [0.1, 0.15) is 0 Å². The van der Waals surface area contributed by atoms with Gasteiger partial charge in [0.15, 0.2) is 18.2 Å². The molecule has 5 aliphatic carbocycles. The number of ether oxygens (including phenoxy) is 4. The molecule has 1 aromatic rings. The minimum Gasteiger partial charge on any atom is -0.457 e. The Kier molecular flexibility index (Phi) is 9.33. The van der Waals surface area contributed by atoms with Crippen molar-refractivity contribution in [2.75, 3.05) is 19.7 Å². The van der Waals surface area contributed by atoms with Crippen molar-refractivity contribution in [2.45, 2.75) is 156 Å². The molecule has 10 nitrogen and oxygen atoms in total. The quantitative estimate of drug-likeness (QED) is 0.312. The highest BCUT2D eigenvalue weighted by atomic mass is 16.7. The normalized spacial score (nSPS) is 43.4. The summed E-state index contributed by atoms with van der Waals surface area (Å²) in [5.41, 5.74) is -0.0334. The topological polar surface area (TPSA) is 123 Å². The molecule has 7 aliphatic rings. The van der Waals surface area contributed by atoms with Crippen LogP contribution in [0.5, 0.6) is 0 Å². The third-order valence-electron chi connectivity index (χ3n) is 15.2. The average Bonchev–Trinajstić information content (AvgIpc) is 3.32. The number of H-pyrrole nitrogens is 1. The number of imidazole rings is 1. The highest BCUT2D eigenvalue weighted by Gasteiger charge is 2.80. The fourth-order valence-electron chi connectivity index (χ4n) is 13.2. The van der Waals surface area contributed by atoms with E-state index in [1.165, 1.54) is 45.4 Å². The van der Waals surface area contributed by atoms with Crippen molar-refractivity contribution in [3.63, 3.8) is 0 Å². The molecule has 5 saturated carbocycles. The van der Waals surface area contributed by atoms with E-state index in [4.69, 9.17) is 18.9 Å². The van der Waals surface area contributed by atoms with E-state index in [-0.39, 0.29) is 42.4 Å². The zero-order chi connectivity index (χ0) is 35.9. The largest absolute Gasteiger partial charge is 0.457 e. The number of carbonyl (C=O) groups excluding carboxylic acids is 2. The SMILES string of the molecule is CC.CC(=O)O[C@@H](C1CCC2C(CC3C4CCC5C(C)(C)[C@@H](OC6CN(C(=O)c7ncc[nH]7)CCO6)CCC56C[C@@]46CCC23C)O1)C(C)(C)O.[HH]. The second-order valence-electron chi connectivity index (χ2n) is 18.1. The van der Waals surface area contributed by atoms with Crippen LogP contribution in [-0.2, 0) is 23.7 Å². The first kappa shape index (κ1) is 36.4. The van der Waals surface area contributed by atoms with E-state index in [9.17, 15) is 14.7 Å². The molecule has 50 heavy (non-hydrogen) atoms. The van der Waals surface area contributed by atoms with Crippen LogP contribution in [0, 0.1) is 45.3 Å². The number of esters is 1. The summed E-state index contributed by atoms with van der Waals surface area (Å²) < 4.78 is 25.4. The molecule has 2 spiro atoms. The van der Waals surface area contributed by atoms with Gasteiger partial charge in [0, 0.05) is 27.3 Å². The lowest BCUT2D eigenvalue weighted by atomic mass is 9.46. The van der Waals surface area contributed by atoms with Gasteiger partial charge in [-0.15, -0.1) is 0 Å². The van der Waals surface area contributed by atoms with Gasteiger partial charge in [-0.25, -0.2) is 4.98 Å². The van der Waals surface area contributed by atoms with Gasteiger partial charge in [-0.2, -0.15) is 0 Å². The number of amides is 1. The molecule has 12 atom stereocenters. The van der Waals surface area contributed by atoms with Crippen LogP contribution in [0.1, 0.15) is 132 Å². The van der Waals surface area contributed by atoms with Crippen LogP contribution in [0.25, 0.3) is 0 Å². The number of aromatic nitrogens is 2. The molecule has 7 fully saturated rings. The first-order valence-corrected chi connectivity index (χ1v) is 19.8. The molecule has 0 radical (unpaired) electrons. The predicted octanol–water partition coefficient (Wildman–Crippen LogP) is 6.77. The van der Waals surface area contributed by atoms with E-state index in [0.29, 0.717) is 54.1 Å². The van der Waals surface area contributed by atoms with Crippen LogP contribution in [0.3, 0.4) is 0 Å². The minimum absolute atomic E-state index is 0. The number of fused-ring (bicyclic) bond motifs is 4. The maximum Gasteiger partial charge on any atom is 0.303 e. The maximum atomic E-state index is 13.0. The second-order valence-corrected chi connectivity index (χ2v) is 18.1. The van der Waals surface area contributed by atoms with E-state index in [2.05, 4.69) is 30.7 Å². The predicted molar refractivity (Wildman–Crippen MR) is 190 cm³/mol. The minimum atomic E-state index is -1.16. The highest BCUT2D eigenvalue weighted by Crippen LogP contribution is 2.87. The molecule has 9 unspecified atom stereocenters. The van der Waals surface area contributed by atoms with Crippen LogP contribution in [0.4, 0.5) is 0 Å². The number of hydrogen-bond acceptors (Lipinski definition) is 8. The third-order valence-corrected chi connectivity index (χ3v) is 15.2. The highest BCUT2D eigenvalue weighted by molar-refractivity contribution is 5.90. The number of rotatable bonds is 6. The summed E-state index contributed by atoms with van der Waals surface area (Å²) in [7, 11) is 0. The second kappa shape index (κ2) is 12.8. The summed E-state index contributed by atoms with van der Waals surface area (Å²) in [5, 5.41) is 10.9. The zero-order valence-electron chi connectivity index (χ0n) is 31.8. The Balaban J connectivity index is 0.00000147. The van der Waals surface area contributed by atoms with Gasteiger partial charge in [-0.05, 0) is 123 Å². The van der Waals surface area contributed by atoms with E-state index < -0.39 is 18.0 Å². The summed E-state index contributed by atoms with van der Waals surface area (Å²) in [6, 6.07) is 0. The number of nitrogens with zero attached hydrogens (tertiary/aromatic N) is 2. The van der Waals surface area contributed by atoms with Crippen molar-refractivity contribution in [1.29, 1.82) is 0 Å². The van der Waals surface area contributed by atoms with Crippen molar-refractivity contribution in [2.24, 2.45) is 45.3 Å². The van der Waals surface area contributed by atoms with Crippen LogP contribution in [-0.4, -0.2) is 87.9 Å². The van der Waals surface area contributed by atoms with Gasteiger partial charge in [0.05, 0.1) is 37.1 Å². The van der Waals surface area contributed by atoms with E-state index in [1.54, 1.807) is 31.1 Å². The van der Waals surface area contributed by atoms with Crippen LogP contribution >= 0.6 is 0 Å². The standard InChI is InChI=1S/C38H57N3O7.C2H6.H2/c1-22(42)46-31(35(4,5)44)26-9-7-24-27(47-26)19-25-23-8-10-28-34(2,3)29(11-12-38(28)21-37(23,38)14-13-36(24,25)6)48-30-20-41(17-18-45-30)33(43)32-39-15-16-40-32;1-2;/h15-16,23-31,44H,7-14,17-21H2,1-6H3,(H,39,40);1-2H3;1H/t23?,24?,25?,26?,27?,28?,29-,30?,31-,36?,37-,38?;;/m0../s1. The fourth-order valence-corrected chi connectivity index (χ4v) is 13.2. The molecule has 1 amide bonds. The molecule has 0 aromatic carbocycles. The Labute approximate surface area is 300 Å². The summed E-state index contributed by atoms with van der Waals surface area (Å²) in [6.07, 6.45) is 13.9. The van der Waals surface area contributed by atoms with Gasteiger partial charge in [-0.1, -0.05) is 34.6 Å². The molecule has 3 heterocycles. The number of aliphatic hydroxyl groups is 1. The Morgan fingerprint density at radius 1 is 1.06 bits per heavy atom. The molecule has 2 N–H and O–H groups in total. The molecule has 282 valence electrons. The number of morpholine rings is 1. The molecule has 8 rings (SSSR count). The van der Waals surface area contributed by atoms with Crippen molar-refractivity contribution >= 4 is 11.9 Å². The summed E-state index contributed by atoms with van der Waals surface area (Å²) in [6.45, 7) is 17.8.